The number of aliphatic carboxylic acids is 1. The van der Waals surface area contributed by atoms with E-state index in [0.717, 1.165) is 6.08 Å². The zero-order valence-corrected chi connectivity index (χ0v) is 6.19. The zero-order chi connectivity index (χ0) is 8.72. The number of rotatable bonds is 1. The first kappa shape index (κ1) is 7.15. The lowest BCUT2D eigenvalue weighted by Crippen LogP contribution is -2.48. The van der Waals surface area contributed by atoms with Crippen LogP contribution in [0.1, 0.15) is 6.42 Å². The Hall–Kier alpha value is -1.52. The average Bonchev–Trinajstić information content (AvgIpc) is 2.26. The Kier molecular flexibility index (Phi) is 1.33. The summed E-state index contributed by atoms with van der Waals surface area (Å²) >= 11 is 0. The van der Waals surface area contributed by atoms with Crippen molar-refractivity contribution in [1.82, 2.24) is 4.90 Å². The highest BCUT2D eigenvalue weighted by atomic mass is 16.5. The van der Waals surface area contributed by atoms with Gasteiger partial charge in [0.2, 0.25) is 5.91 Å². The van der Waals surface area contributed by atoms with Crippen molar-refractivity contribution in [3.05, 3.63) is 11.8 Å². The van der Waals surface area contributed by atoms with Crippen LogP contribution in [0.3, 0.4) is 0 Å². The minimum absolute atomic E-state index is 0.0220. The van der Waals surface area contributed by atoms with Crippen molar-refractivity contribution in [2.45, 2.75) is 12.6 Å². The number of carbonyl (C=O) groups is 2. The number of hydrogen-bond donors (Lipinski definition) is 1. The van der Waals surface area contributed by atoms with Crippen molar-refractivity contribution >= 4 is 11.9 Å². The molecule has 2 rings (SSSR count). The standard InChI is InChI=1S/C7H7NO4/c9-5-2-6-8(5)3-4(12-6)1-7(10)11/h1,6H,2-3H2,(H,10,11). The van der Waals surface area contributed by atoms with Gasteiger partial charge in [-0.1, -0.05) is 0 Å². The summed E-state index contributed by atoms with van der Waals surface area (Å²) in [6, 6.07) is 0. The molecule has 0 saturated carbocycles. The maximum atomic E-state index is 10.8. The van der Waals surface area contributed by atoms with Gasteiger partial charge in [0.25, 0.3) is 0 Å². The molecule has 0 spiro atoms. The van der Waals surface area contributed by atoms with Crippen LogP contribution in [0.25, 0.3) is 0 Å². The topological polar surface area (TPSA) is 66.8 Å². The van der Waals surface area contributed by atoms with Crippen LogP contribution >= 0.6 is 0 Å². The lowest BCUT2D eigenvalue weighted by molar-refractivity contribution is -0.153. The maximum absolute atomic E-state index is 10.8. The summed E-state index contributed by atoms with van der Waals surface area (Å²) in [5.74, 6) is -0.660. The molecule has 2 saturated heterocycles. The Labute approximate surface area is 68.2 Å². The van der Waals surface area contributed by atoms with Crippen LogP contribution in [0.2, 0.25) is 0 Å². The highest BCUT2D eigenvalue weighted by Gasteiger charge is 2.43. The Bertz CT molecular complexity index is 283. The quantitative estimate of drug-likeness (QED) is 0.426. The molecular weight excluding hydrogens is 162 g/mol. The number of carbonyl (C=O) groups excluding carboxylic acids is 1. The van der Waals surface area contributed by atoms with Gasteiger partial charge >= 0.3 is 5.97 Å². The van der Waals surface area contributed by atoms with E-state index in [-0.39, 0.29) is 12.1 Å². The SMILES string of the molecule is O=C(O)C=C1CN2C(=O)CC2O1. The van der Waals surface area contributed by atoms with Crippen LogP contribution in [0.4, 0.5) is 0 Å². The Morgan fingerprint density at radius 3 is 3.00 bits per heavy atom. The molecule has 64 valence electrons. The molecule has 2 fully saturated rings. The first-order valence-corrected chi connectivity index (χ1v) is 3.56. The number of hydrogen-bond acceptors (Lipinski definition) is 3. The maximum Gasteiger partial charge on any atom is 0.331 e. The van der Waals surface area contributed by atoms with Gasteiger partial charge < -0.3 is 9.84 Å². The molecule has 1 unspecified atom stereocenters. The van der Waals surface area contributed by atoms with Crippen molar-refractivity contribution in [2.75, 3.05) is 6.54 Å². The minimum Gasteiger partial charge on any atom is -0.478 e. The molecule has 0 aliphatic carbocycles. The first-order chi connectivity index (χ1) is 5.66. The van der Waals surface area contributed by atoms with Crippen molar-refractivity contribution in [3.8, 4) is 0 Å². The third-order valence-electron chi connectivity index (χ3n) is 1.92. The van der Waals surface area contributed by atoms with Gasteiger partial charge in [-0.2, -0.15) is 0 Å². The van der Waals surface area contributed by atoms with Crippen LogP contribution in [0, 0.1) is 0 Å². The van der Waals surface area contributed by atoms with Crippen molar-refractivity contribution in [3.63, 3.8) is 0 Å². The molecular formula is C7H7NO4. The number of ether oxygens (including phenoxy) is 1. The third kappa shape index (κ3) is 0.939. The summed E-state index contributed by atoms with van der Waals surface area (Å²) in [6.45, 7) is 0.301. The van der Waals surface area contributed by atoms with E-state index in [4.69, 9.17) is 9.84 Å². The predicted octanol–water partition coefficient (Wildman–Crippen LogP) is -0.456. The second kappa shape index (κ2) is 2.23. The number of carboxylic acids is 1. The molecule has 12 heavy (non-hydrogen) atoms. The third-order valence-corrected chi connectivity index (χ3v) is 1.92. The van der Waals surface area contributed by atoms with Crippen LogP contribution in [-0.4, -0.2) is 34.7 Å². The van der Waals surface area contributed by atoms with Crippen LogP contribution in [-0.2, 0) is 14.3 Å². The van der Waals surface area contributed by atoms with Gasteiger partial charge in [0.15, 0.2) is 6.23 Å². The fraction of sp³-hybridized carbons (Fsp3) is 0.429. The molecule has 2 aliphatic rings. The summed E-state index contributed by atoms with van der Waals surface area (Å²) in [5, 5.41) is 8.37. The van der Waals surface area contributed by atoms with Crippen molar-refractivity contribution < 1.29 is 19.4 Å². The molecule has 0 aromatic carbocycles. The molecule has 5 nitrogen and oxygen atoms in total. The number of amides is 1. The molecule has 1 atom stereocenters. The average molecular weight is 169 g/mol. The smallest absolute Gasteiger partial charge is 0.331 e. The van der Waals surface area contributed by atoms with Crippen LogP contribution in [0.5, 0.6) is 0 Å². The largest absolute Gasteiger partial charge is 0.478 e. The predicted molar refractivity (Wildman–Crippen MR) is 36.9 cm³/mol. The van der Waals surface area contributed by atoms with E-state index in [0.29, 0.717) is 18.7 Å². The van der Waals surface area contributed by atoms with Crippen molar-refractivity contribution in [1.29, 1.82) is 0 Å². The van der Waals surface area contributed by atoms with Crippen LogP contribution < -0.4 is 0 Å². The Morgan fingerprint density at radius 1 is 1.75 bits per heavy atom. The van der Waals surface area contributed by atoms with Gasteiger partial charge in [0.1, 0.15) is 5.76 Å². The number of β-lactam (4-membered cyclic amide) rings is 1. The second-order valence-electron chi connectivity index (χ2n) is 2.75. The zero-order valence-electron chi connectivity index (χ0n) is 6.19. The van der Waals surface area contributed by atoms with Gasteiger partial charge in [-0.25, -0.2) is 4.79 Å². The Balaban J connectivity index is 2.07. The molecule has 0 bridgehead atoms. The lowest BCUT2D eigenvalue weighted by atomic mass is 10.2. The fourth-order valence-electron chi connectivity index (χ4n) is 1.32. The highest BCUT2D eigenvalue weighted by Crippen LogP contribution is 2.30. The van der Waals surface area contributed by atoms with E-state index >= 15 is 0 Å². The molecule has 0 radical (unpaired) electrons. The second-order valence-corrected chi connectivity index (χ2v) is 2.75. The molecule has 1 amide bonds. The molecule has 2 heterocycles. The van der Waals surface area contributed by atoms with Crippen LogP contribution in [0.15, 0.2) is 11.8 Å². The molecule has 1 N–H and O–H groups in total. The summed E-state index contributed by atoms with van der Waals surface area (Å²) < 4.78 is 5.13. The van der Waals surface area contributed by atoms with Gasteiger partial charge in [0.05, 0.1) is 19.0 Å². The van der Waals surface area contributed by atoms with E-state index in [1.54, 1.807) is 0 Å². The summed E-state index contributed by atoms with van der Waals surface area (Å²) in [7, 11) is 0. The Morgan fingerprint density at radius 2 is 2.50 bits per heavy atom. The van der Waals surface area contributed by atoms with Crippen molar-refractivity contribution in [2.24, 2.45) is 0 Å². The molecule has 2 aliphatic heterocycles. The van der Waals surface area contributed by atoms with E-state index in [2.05, 4.69) is 0 Å². The molecule has 5 heteroatoms. The van der Waals surface area contributed by atoms with Gasteiger partial charge in [0, 0.05) is 0 Å². The van der Waals surface area contributed by atoms with Gasteiger partial charge in [-0.15, -0.1) is 0 Å². The number of fused-ring (bicyclic) bond motifs is 1. The highest BCUT2D eigenvalue weighted by molar-refractivity contribution is 5.84. The van der Waals surface area contributed by atoms with E-state index in [1.165, 1.54) is 4.90 Å². The first-order valence-electron chi connectivity index (χ1n) is 3.56. The number of carboxylic acid groups (broad SMARTS) is 1. The summed E-state index contributed by atoms with van der Waals surface area (Å²) in [6.07, 6.45) is 1.16. The minimum atomic E-state index is -1.04. The summed E-state index contributed by atoms with van der Waals surface area (Å²) in [5.41, 5.74) is 0. The van der Waals surface area contributed by atoms with E-state index in [9.17, 15) is 9.59 Å². The molecule has 0 aromatic rings. The van der Waals surface area contributed by atoms with Gasteiger partial charge in [-0.05, 0) is 0 Å². The van der Waals surface area contributed by atoms with Gasteiger partial charge in [-0.3, -0.25) is 9.69 Å². The number of nitrogens with zero attached hydrogens (tertiary/aromatic N) is 1. The van der Waals surface area contributed by atoms with E-state index < -0.39 is 5.97 Å². The van der Waals surface area contributed by atoms with E-state index in [1.807, 2.05) is 0 Å². The molecule has 0 aromatic heterocycles. The lowest BCUT2D eigenvalue weighted by Gasteiger charge is -2.30. The summed E-state index contributed by atoms with van der Waals surface area (Å²) in [4.78, 5) is 22.5. The monoisotopic (exact) mass is 169 g/mol. The fourth-order valence-corrected chi connectivity index (χ4v) is 1.32. The normalized spacial score (nSPS) is 29.7.